The number of rotatable bonds is 12. The van der Waals surface area contributed by atoms with Crippen molar-refractivity contribution in [3.05, 3.63) is 35.4 Å². The zero-order chi connectivity index (χ0) is 17.8. The van der Waals surface area contributed by atoms with Crippen LogP contribution >= 0.6 is 0 Å². The predicted molar refractivity (Wildman–Crippen MR) is 101 cm³/mol. The fourth-order valence-electron chi connectivity index (χ4n) is 2.32. The van der Waals surface area contributed by atoms with Crippen LogP contribution in [0.15, 0.2) is 29.3 Å². The molecule has 0 heterocycles. The molecule has 5 nitrogen and oxygen atoms in total. The second-order valence-corrected chi connectivity index (χ2v) is 8.89. The molecule has 0 aliphatic heterocycles. The first kappa shape index (κ1) is 21.0. The first-order valence-corrected chi connectivity index (χ1v) is 10.5. The maximum Gasteiger partial charge on any atom is 0.500 e. The van der Waals surface area contributed by atoms with E-state index in [9.17, 15) is 0 Å². The minimum absolute atomic E-state index is 0.769. The van der Waals surface area contributed by atoms with Crippen LogP contribution in [-0.4, -0.2) is 42.4 Å². The van der Waals surface area contributed by atoms with Gasteiger partial charge in [-0.05, 0) is 37.4 Å². The third kappa shape index (κ3) is 7.23. The van der Waals surface area contributed by atoms with Gasteiger partial charge < -0.3 is 18.6 Å². The van der Waals surface area contributed by atoms with E-state index in [0.717, 1.165) is 38.5 Å². The standard InChI is InChI=1S/C18H32N2O3Si/c1-6-16(2)20-15-18-10-8-17(9-11-18)14-19-12-7-13-24(21-3,22-4)23-5/h8-11,19H,6-7,12-15H2,1-5H3. The first-order chi connectivity index (χ1) is 11.6. The molecule has 1 aromatic rings. The fourth-order valence-corrected chi connectivity index (χ4v) is 4.04. The van der Waals surface area contributed by atoms with Gasteiger partial charge in [-0.2, -0.15) is 0 Å². The lowest BCUT2D eigenvalue weighted by atomic mass is 10.1. The summed E-state index contributed by atoms with van der Waals surface area (Å²) in [4.78, 5) is 4.55. The largest absolute Gasteiger partial charge is 0.500 e. The van der Waals surface area contributed by atoms with E-state index in [1.807, 2.05) is 0 Å². The number of nitrogens with zero attached hydrogens (tertiary/aromatic N) is 1. The summed E-state index contributed by atoms with van der Waals surface area (Å²) in [7, 11) is 2.53. The highest BCUT2D eigenvalue weighted by atomic mass is 28.4. The minimum atomic E-state index is -2.43. The molecule has 24 heavy (non-hydrogen) atoms. The Labute approximate surface area is 147 Å². The number of hydrogen-bond donors (Lipinski definition) is 1. The van der Waals surface area contributed by atoms with Crippen LogP contribution in [-0.2, 0) is 26.4 Å². The van der Waals surface area contributed by atoms with Crippen molar-refractivity contribution in [3.63, 3.8) is 0 Å². The Balaban J connectivity index is 2.31. The van der Waals surface area contributed by atoms with Crippen molar-refractivity contribution in [2.45, 2.75) is 45.8 Å². The number of aliphatic imine (C=N–C) groups is 1. The summed E-state index contributed by atoms with van der Waals surface area (Å²) in [5.74, 6) is 0. The van der Waals surface area contributed by atoms with E-state index < -0.39 is 8.80 Å². The summed E-state index contributed by atoms with van der Waals surface area (Å²) < 4.78 is 16.3. The van der Waals surface area contributed by atoms with Crippen molar-refractivity contribution < 1.29 is 13.3 Å². The summed E-state index contributed by atoms with van der Waals surface area (Å²) in [6.45, 7) is 6.75. The lowest BCUT2D eigenvalue weighted by Gasteiger charge is -2.24. The van der Waals surface area contributed by atoms with Crippen LogP contribution in [0.25, 0.3) is 0 Å². The van der Waals surface area contributed by atoms with Gasteiger partial charge in [0.15, 0.2) is 0 Å². The van der Waals surface area contributed by atoms with E-state index in [1.54, 1.807) is 21.3 Å². The monoisotopic (exact) mass is 352 g/mol. The molecule has 0 unspecified atom stereocenters. The molecule has 1 aromatic carbocycles. The Bertz CT molecular complexity index is 479. The summed E-state index contributed by atoms with van der Waals surface area (Å²) in [5, 5.41) is 3.45. The van der Waals surface area contributed by atoms with Crippen LogP contribution in [0, 0.1) is 0 Å². The van der Waals surface area contributed by atoms with Crippen LogP contribution in [0.2, 0.25) is 6.04 Å². The predicted octanol–water partition coefficient (Wildman–Crippen LogP) is 3.42. The number of benzene rings is 1. The molecule has 0 aromatic heterocycles. The van der Waals surface area contributed by atoms with Crippen molar-refractivity contribution in [2.24, 2.45) is 4.99 Å². The van der Waals surface area contributed by atoms with Gasteiger partial charge in [-0.15, -0.1) is 0 Å². The van der Waals surface area contributed by atoms with Gasteiger partial charge in [0, 0.05) is 39.6 Å². The van der Waals surface area contributed by atoms with Gasteiger partial charge in [0.1, 0.15) is 0 Å². The van der Waals surface area contributed by atoms with Crippen LogP contribution in [0.4, 0.5) is 0 Å². The Hall–Kier alpha value is -1.05. The molecule has 6 heteroatoms. The molecule has 0 bridgehead atoms. The van der Waals surface area contributed by atoms with E-state index >= 15 is 0 Å². The van der Waals surface area contributed by atoms with Crippen molar-refractivity contribution in [1.82, 2.24) is 5.32 Å². The van der Waals surface area contributed by atoms with E-state index in [2.05, 4.69) is 48.4 Å². The van der Waals surface area contributed by atoms with E-state index in [-0.39, 0.29) is 0 Å². The van der Waals surface area contributed by atoms with E-state index in [4.69, 9.17) is 13.3 Å². The Morgan fingerprint density at radius 3 is 2.17 bits per heavy atom. The molecule has 0 spiro atoms. The van der Waals surface area contributed by atoms with Crippen molar-refractivity contribution >= 4 is 14.5 Å². The molecule has 0 saturated carbocycles. The normalized spacial score (nSPS) is 12.6. The van der Waals surface area contributed by atoms with Gasteiger partial charge in [0.2, 0.25) is 0 Å². The van der Waals surface area contributed by atoms with Gasteiger partial charge in [0.05, 0.1) is 6.54 Å². The highest BCUT2D eigenvalue weighted by Crippen LogP contribution is 2.14. The zero-order valence-electron chi connectivity index (χ0n) is 15.7. The van der Waals surface area contributed by atoms with Crippen LogP contribution in [0.5, 0.6) is 0 Å². The molecule has 0 aliphatic rings. The van der Waals surface area contributed by atoms with Gasteiger partial charge in [-0.1, -0.05) is 31.2 Å². The second-order valence-electron chi connectivity index (χ2n) is 5.80. The lowest BCUT2D eigenvalue weighted by molar-refractivity contribution is 0.123. The number of hydrogen-bond acceptors (Lipinski definition) is 5. The molecule has 0 amide bonds. The molecular weight excluding hydrogens is 320 g/mol. The maximum absolute atomic E-state index is 5.42. The Morgan fingerprint density at radius 2 is 1.62 bits per heavy atom. The summed E-state index contributed by atoms with van der Waals surface area (Å²) in [6, 6.07) is 9.46. The molecule has 0 atom stereocenters. The first-order valence-electron chi connectivity index (χ1n) is 8.53. The molecule has 1 rings (SSSR count). The van der Waals surface area contributed by atoms with Crippen LogP contribution in [0.3, 0.4) is 0 Å². The van der Waals surface area contributed by atoms with E-state index in [1.165, 1.54) is 16.8 Å². The van der Waals surface area contributed by atoms with Gasteiger partial charge in [0.25, 0.3) is 0 Å². The molecule has 0 radical (unpaired) electrons. The van der Waals surface area contributed by atoms with Crippen LogP contribution < -0.4 is 5.32 Å². The smallest absolute Gasteiger partial charge is 0.377 e. The Morgan fingerprint density at radius 1 is 1.04 bits per heavy atom. The SMILES string of the molecule is CCC(C)=NCc1ccc(CNCCC[Si](OC)(OC)OC)cc1. The van der Waals surface area contributed by atoms with Crippen molar-refractivity contribution in [2.75, 3.05) is 27.9 Å². The summed E-state index contributed by atoms with van der Waals surface area (Å²) >= 11 is 0. The summed E-state index contributed by atoms with van der Waals surface area (Å²) in [5.41, 5.74) is 3.73. The molecule has 0 saturated heterocycles. The quantitative estimate of drug-likeness (QED) is 0.356. The maximum atomic E-state index is 5.42. The zero-order valence-corrected chi connectivity index (χ0v) is 16.7. The molecule has 0 aliphatic carbocycles. The third-order valence-electron chi connectivity index (χ3n) is 4.16. The van der Waals surface area contributed by atoms with E-state index in [0.29, 0.717) is 0 Å². The number of nitrogens with one attached hydrogen (secondary N) is 1. The second kappa shape index (κ2) is 11.5. The highest BCUT2D eigenvalue weighted by Gasteiger charge is 2.36. The third-order valence-corrected chi connectivity index (χ3v) is 7.00. The molecule has 136 valence electrons. The van der Waals surface area contributed by atoms with Crippen molar-refractivity contribution in [3.8, 4) is 0 Å². The van der Waals surface area contributed by atoms with Gasteiger partial charge in [-0.25, -0.2) is 0 Å². The molecular formula is C18H32N2O3Si. The minimum Gasteiger partial charge on any atom is -0.377 e. The van der Waals surface area contributed by atoms with Crippen molar-refractivity contribution in [1.29, 1.82) is 0 Å². The fraction of sp³-hybridized carbons (Fsp3) is 0.611. The lowest BCUT2D eigenvalue weighted by Crippen LogP contribution is -2.43. The average molecular weight is 353 g/mol. The highest BCUT2D eigenvalue weighted by molar-refractivity contribution is 6.60. The van der Waals surface area contributed by atoms with Gasteiger partial charge in [-0.3, -0.25) is 4.99 Å². The van der Waals surface area contributed by atoms with Crippen LogP contribution in [0.1, 0.15) is 37.8 Å². The molecule has 0 fully saturated rings. The summed E-state index contributed by atoms with van der Waals surface area (Å²) in [6.07, 6.45) is 1.98. The molecule has 1 N–H and O–H groups in total. The van der Waals surface area contributed by atoms with Gasteiger partial charge >= 0.3 is 8.80 Å². The topological polar surface area (TPSA) is 52.1 Å². The Kier molecular flexibility index (Phi) is 10.1. The average Bonchev–Trinajstić information content (AvgIpc) is 2.64.